The van der Waals surface area contributed by atoms with Crippen LogP contribution < -0.4 is 0 Å². The maximum Gasteiger partial charge on any atom is 0.191 e. The van der Waals surface area contributed by atoms with E-state index in [1.807, 2.05) is 31.2 Å². The summed E-state index contributed by atoms with van der Waals surface area (Å²) in [5.74, 6) is 0.108. The number of hydrogen-bond donors (Lipinski definition) is 0. The van der Waals surface area contributed by atoms with E-state index >= 15 is 0 Å². The van der Waals surface area contributed by atoms with Gasteiger partial charge < -0.3 is 4.74 Å². The Balaban J connectivity index is 2.77. The van der Waals surface area contributed by atoms with Crippen LogP contribution in [0, 0.1) is 0 Å². The molecule has 0 fully saturated rings. The molecule has 0 saturated heterocycles. The fourth-order valence-corrected chi connectivity index (χ4v) is 1.84. The summed E-state index contributed by atoms with van der Waals surface area (Å²) in [5.41, 5.74) is 2.01. The third-order valence-electron chi connectivity index (χ3n) is 2.86. The van der Waals surface area contributed by atoms with E-state index in [0.717, 1.165) is 24.8 Å². The van der Waals surface area contributed by atoms with Gasteiger partial charge in [-0.25, -0.2) is 0 Å². The van der Waals surface area contributed by atoms with Gasteiger partial charge in [0.1, 0.15) is 6.10 Å². The van der Waals surface area contributed by atoms with Gasteiger partial charge in [-0.2, -0.15) is 0 Å². The second-order valence-electron chi connectivity index (χ2n) is 4.15. The number of Topliss-reactive ketones (excluding diaryl/α,β-unsaturated/α-hetero) is 1. The van der Waals surface area contributed by atoms with E-state index in [1.54, 1.807) is 0 Å². The lowest BCUT2D eigenvalue weighted by atomic mass is 10.0. The first kappa shape index (κ1) is 13.9. The zero-order valence-corrected chi connectivity index (χ0v) is 11.0. The lowest BCUT2D eigenvalue weighted by Crippen LogP contribution is -2.24. The third kappa shape index (κ3) is 3.97. The van der Waals surface area contributed by atoms with Crippen LogP contribution in [0.25, 0.3) is 0 Å². The van der Waals surface area contributed by atoms with Crippen LogP contribution in [0.5, 0.6) is 0 Å². The first-order valence-corrected chi connectivity index (χ1v) is 6.47. The number of benzene rings is 1. The topological polar surface area (TPSA) is 26.3 Å². The molecule has 1 atom stereocenters. The smallest absolute Gasteiger partial charge is 0.191 e. The number of carbonyl (C=O) groups is 1. The van der Waals surface area contributed by atoms with Crippen molar-refractivity contribution in [2.45, 2.75) is 46.1 Å². The maximum atomic E-state index is 12.2. The predicted octanol–water partition coefficient (Wildman–Crippen LogP) is 3.64. The second-order valence-corrected chi connectivity index (χ2v) is 4.15. The molecule has 0 N–H and O–H groups in total. The molecule has 1 rings (SSSR count). The van der Waals surface area contributed by atoms with Crippen LogP contribution in [0.4, 0.5) is 0 Å². The number of rotatable bonds is 7. The molecule has 2 nitrogen and oxygen atoms in total. The summed E-state index contributed by atoms with van der Waals surface area (Å²) in [7, 11) is 0. The highest BCUT2D eigenvalue weighted by molar-refractivity contribution is 5.99. The van der Waals surface area contributed by atoms with Gasteiger partial charge in [-0.15, -0.1) is 0 Å². The lowest BCUT2D eigenvalue weighted by Gasteiger charge is -2.15. The normalized spacial score (nSPS) is 12.4. The largest absolute Gasteiger partial charge is 0.370 e. The van der Waals surface area contributed by atoms with Crippen molar-refractivity contribution in [1.82, 2.24) is 0 Å². The Hall–Kier alpha value is -1.15. The minimum Gasteiger partial charge on any atom is -0.370 e. The van der Waals surface area contributed by atoms with Crippen molar-refractivity contribution < 1.29 is 9.53 Å². The van der Waals surface area contributed by atoms with Crippen LogP contribution in [-0.2, 0) is 11.2 Å². The summed E-state index contributed by atoms with van der Waals surface area (Å²) in [4.78, 5) is 12.2. The highest BCUT2D eigenvalue weighted by Gasteiger charge is 2.19. The van der Waals surface area contributed by atoms with Gasteiger partial charge >= 0.3 is 0 Å². The molecule has 0 radical (unpaired) electrons. The van der Waals surface area contributed by atoms with Crippen molar-refractivity contribution in [2.75, 3.05) is 6.61 Å². The van der Waals surface area contributed by atoms with Gasteiger partial charge in [-0.1, -0.05) is 44.5 Å². The van der Waals surface area contributed by atoms with E-state index < -0.39 is 0 Å². The molecule has 0 spiro atoms. The van der Waals surface area contributed by atoms with Gasteiger partial charge in [-0.3, -0.25) is 4.79 Å². The number of ketones is 1. The maximum absolute atomic E-state index is 12.2. The SMILES string of the molecule is CCCC(OCC)C(=O)c1ccc(CC)cc1. The van der Waals surface area contributed by atoms with Crippen LogP contribution in [0.2, 0.25) is 0 Å². The molecule has 94 valence electrons. The fraction of sp³-hybridized carbons (Fsp3) is 0.533. The summed E-state index contributed by atoms with van der Waals surface area (Å²) in [6.45, 7) is 6.69. The molecule has 0 saturated carbocycles. The Bertz CT molecular complexity index is 334. The van der Waals surface area contributed by atoms with Crippen LogP contribution >= 0.6 is 0 Å². The molecule has 0 aliphatic heterocycles. The van der Waals surface area contributed by atoms with E-state index in [1.165, 1.54) is 5.56 Å². The number of hydrogen-bond acceptors (Lipinski definition) is 2. The summed E-state index contributed by atoms with van der Waals surface area (Å²) in [6, 6.07) is 7.84. The first-order valence-electron chi connectivity index (χ1n) is 6.47. The minimum atomic E-state index is -0.280. The van der Waals surface area contributed by atoms with Gasteiger partial charge in [0.25, 0.3) is 0 Å². The fourth-order valence-electron chi connectivity index (χ4n) is 1.84. The average molecular weight is 234 g/mol. The molecule has 0 aliphatic carbocycles. The van der Waals surface area contributed by atoms with Crippen molar-refractivity contribution in [1.29, 1.82) is 0 Å². The Labute approximate surface area is 104 Å². The Morgan fingerprint density at radius 1 is 1.18 bits per heavy atom. The van der Waals surface area contributed by atoms with Crippen LogP contribution in [0.3, 0.4) is 0 Å². The molecule has 0 heterocycles. The second kappa shape index (κ2) is 7.23. The molecule has 0 aromatic heterocycles. The van der Waals surface area contributed by atoms with E-state index in [-0.39, 0.29) is 11.9 Å². The molecule has 17 heavy (non-hydrogen) atoms. The highest BCUT2D eigenvalue weighted by atomic mass is 16.5. The summed E-state index contributed by atoms with van der Waals surface area (Å²) >= 11 is 0. The quantitative estimate of drug-likeness (QED) is 0.673. The zero-order valence-electron chi connectivity index (χ0n) is 11.0. The van der Waals surface area contributed by atoms with Crippen LogP contribution in [-0.4, -0.2) is 18.5 Å². The van der Waals surface area contributed by atoms with Gasteiger partial charge in [0.2, 0.25) is 0 Å². The van der Waals surface area contributed by atoms with Gasteiger partial charge in [-0.05, 0) is 25.3 Å². The summed E-state index contributed by atoms with van der Waals surface area (Å²) in [6.07, 6.45) is 2.47. The van der Waals surface area contributed by atoms with Gasteiger partial charge in [0.15, 0.2) is 5.78 Å². The zero-order chi connectivity index (χ0) is 12.7. The molecule has 0 aliphatic rings. The highest BCUT2D eigenvalue weighted by Crippen LogP contribution is 2.13. The van der Waals surface area contributed by atoms with Crippen molar-refractivity contribution in [2.24, 2.45) is 0 Å². The monoisotopic (exact) mass is 234 g/mol. The molecule has 0 bridgehead atoms. The predicted molar refractivity (Wildman–Crippen MR) is 70.5 cm³/mol. The van der Waals surface area contributed by atoms with E-state index in [9.17, 15) is 4.79 Å². The molecule has 1 aromatic carbocycles. The van der Waals surface area contributed by atoms with Crippen molar-refractivity contribution in [3.8, 4) is 0 Å². The van der Waals surface area contributed by atoms with Crippen LogP contribution in [0.15, 0.2) is 24.3 Å². The number of ether oxygens (including phenoxy) is 1. The van der Waals surface area contributed by atoms with Gasteiger partial charge in [0, 0.05) is 12.2 Å². The summed E-state index contributed by atoms with van der Waals surface area (Å²) in [5, 5.41) is 0. The Morgan fingerprint density at radius 2 is 1.82 bits per heavy atom. The van der Waals surface area contributed by atoms with E-state index in [4.69, 9.17) is 4.74 Å². The molecule has 0 amide bonds. The Kier molecular flexibility index (Phi) is 5.92. The van der Waals surface area contributed by atoms with Crippen molar-refractivity contribution >= 4 is 5.78 Å². The molecule has 1 unspecified atom stereocenters. The molecular weight excluding hydrogens is 212 g/mol. The third-order valence-corrected chi connectivity index (χ3v) is 2.86. The van der Waals surface area contributed by atoms with E-state index in [2.05, 4.69) is 13.8 Å². The first-order chi connectivity index (χ1) is 8.22. The van der Waals surface area contributed by atoms with Gasteiger partial charge in [0.05, 0.1) is 0 Å². The summed E-state index contributed by atoms with van der Waals surface area (Å²) < 4.78 is 5.51. The molecule has 2 heteroatoms. The Morgan fingerprint density at radius 3 is 2.29 bits per heavy atom. The average Bonchev–Trinajstić information content (AvgIpc) is 2.38. The number of aryl methyl sites for hydroxylation is 1. The van der Waals surface area contributed by atoms with Crippen molar-refractivity contribution in [3.05, 3.63) is 35.4 Å². The van der Waals surface area contributed by atoms with Crippen molar-refractivity contribution in [3.63, 3.8) is 0 Å². The van der Waals surface area contributed by atoms with E-state index in [0.29, 0.717) is 6.61 Å². The molecule has 1 aromatic rings. The minimum absolute atomic E-state index is 0.108. The number of carbonyl (C=O) groups excluding carboxylic acids is 1. The van der Waals surface area contributed by atoms with Crippen LogP contribution in [0.1, 0.15) is 49.5 Å². The lowest BCUT2D eigenvalue weighted by molar-refractivity contribution is 0.0423. The standard InChI is InChI=1S/C15H22O2/c1-4-7-14(17-6-3)15(16)13-10-8-12(5-2)9-11-13/h8-11,14H,4-7H2,1-3H3. The molecular formula is C15H22O2.